The molecule has 3 nitrogen and oxygen atoms in total. The van der Waals surface area contributed by atoms with Crippen LogP contribution in [-0.2, 0) is 5.88 Å². The lowest BCUT2D eigenvalue weighted by Crippen LogP contribution is -2.18. The first-order valence-electron chi connectivity index (χ1n) is 4.06. The molecule has 2 aromatic heterocycles. The number of pyridine rings is 1. The van der Waals surface area contributed by atoms with Crippen molar-refractivity contribution in [3.05, 3.63) is 44.4 Å². The van der Waals surface area contributed by atoms with Crippen LogP contribution in [0.3, 0.4) is 0 Å². The van der Waals surface area contributed by atoms with E-state index in [0.717, 1.165) is 0 Å². The Hall–Kier alpha value is -0.770. The van der Waals surface area contributed by atoms with Crippen molar-refractivity contribution >= 4 is 40.4 Å². The molecule has 0 unspecified atom stereocenters. The Balaban J connectivity index is 2.98. The molecule has 2 heterocycles. The molecule has 78 valence electrons. The molecule has 0 atom stereocenters. The molecule has 2 rings (SSSR count). The quantitative estimate of drug-likeness (QED) is 0.586. The van der Waals surface area contributed by atoms with E-state index >= 15 is 0 Å². The van der Waals surface area contributed by atoms with Gasteiger partial charge in [-0.05, 0) is 12.1 Å². The monoisotopic (exact) mass is 262 g/mol. The lowest BCUT2D eigenvalue weighted by atomic mass is 10.4. The second kappa shape index (κ2) is 4.00. The minimum Gasteiger partial charge on any atom is -0.267 e. The summed E-state index contributed by atoms with van der Waals surface area (Å²) in [5, 5.41) is 0.281. The highest BCUT2D eigenvalue weighted by atomic mass is 35.5. The van der Waals surface area contributed by atoms with Crippen LogP contribution in [0.2, 0.25) is 10.2 Å². The van der Waals surface area contributed by atoms with Gasteiger partial charge in [0.05, 0.1) is 11.6 Å². The van der Waals surface area contributed by atoms with Gasteiger partial charge in [0.2, 0.25) is 0 Å². The van der Waals surface area contributed by atoms with E-state index in [0.29, 0.717) is 11.3 Å². The third kappa shape index (κ3) is 1.71. The van der Waals surface area contributed by atoms with Crippen molar-refractivity contribution in [1.29, 1.82) is 0 Å². The van der Waals surface area contributed by atoms with Gasteiger partial charge < -0.3 is 0 Å². The Morgan fingerprint density at radius 1 is 1.33 bits per heavy atom. The molecule has 0 amide bonds. The van der Waals surface area contributed by atoms with Crippen molar-refractivity contribution < 1.29 is 0 Å². The van der Waals surface area contributed by atoms with Gasteiger partial charge in [-0.25, -0.2) is 9.38 Å². The van der Waals surface area contributed by atoms with Crippen LogP contribution in [0.4, 0.5) is 0 Å². The van der Waals surface area contributed by atoms with Crippen LogP contribution in [-0.4, -0.2) is 9.38 Å². The number of hydrogen-bond acceptors (Lipinski definition) is 2. The number of hydrogen-bond donors (Lipinski definition) is 0. The minimum atomic E-state index is -0.400. The molecule has 6 heteroatoms. The molecule has 0 aliphatic carbocycles. The third-order valence-electron chi connectivity index (χ3n) is 1.94. The van der Waals surface area contributed by atoms with Gasteiger partial charge in [-0.15, -0.1) is 11.6 Å². The Kier molecular flexibility index (Phi) is 2.87. The molecule has 0 aromatic carbocycles. The lowest BCUT2D eigenvalue weighted by molar-refractivity contribution is 1.01. The van der Waals surface area contributed by atoms with Crippen molar-refractivity contribution in [3.63, 3.8) is 0 Å². The van der Waals surface area contributed by atoms with E-state index in [1.807, 2.05) is 0 Å². The fraction of sp³-hybridized carbons (Fsp3) is 0.111. The number of alkyl halides is 1. The maximum Gasteiger partial charge on any atom is 0.278 e. The molecule has 0 aliphatic rings. The summed E-state index contributed by atoms with van der Waals surface area (Å²) in [5.41, 5.74) is 0.404. The highest BCUT2D eigenvalue weighted by Crippen LogP contribution is 2.15. The van der Waals surface area contributed by atoms with Gasteiger partial charge in [0.15, 0.2) is 0 Å². The number of nitrogens with zero attached hydrogens (tertiary/aromatic N) is 2. The molecule has 2 aromatic rings. The first-order valence-corrected chi connectivity index (χ1v) is 5.36. The number of fused-ring (bicyclic) bond motifs is 1. The number of halogens is 3. The van der Waals surface area contributed by atoms with Crippen LogP contribution >= 0.6 is 34.8 Å². The fourth-order valence-corrected chi connectivity index (χ4v) is 1.95. The summed E-state index contributed by atoms with van der Waals surface area (Å²) in [7, 11) is 0. The van der Waals surface area contributed by atoms with E-state index in [-0.39, 0.29) is 16.1 Å². The summed E-state index contributed by atoms with van der Waals surface area (Å²) >= 11 is 17.3. The Bertz CT molecular complexity index is 579. The van der Waals surface area contributed by atoms with Crippen molar-refractivity contribution in [1.82, 2.24) is 9.38 Å². The Labute approximate surface area is 100 Å². The summed E-state index contributed by atoms with van der Waals surface area (Å²) in [6.07, 6.45) is 0. The zero-order valence-corrected chi connectivity index (χ0v) is 9.64. The van der Waals surface area contributed by atoms with Crippen molar-refractivity contribution in [2.75, 3.05) is 0 Å². The molecule has 0 radical (unpaired) electrons. The molecule has 0 bridgehead atoms. The van der Waals surface area contributed by atoms with Crippen LogP contribution in [0.5, 0.6) is 0 Å². The van der Waals surface area contributed by atoms with Gasteiger partial charge >= 0.3 is 0 Å². The van der Waals surface area contributed by atoms with Crippen LogP contribution in [0, 0.1) is 0 Å². The van der Waals surface area contributed by atoms with Gasteiger partial charge in [-0.2, -0.15) is 0 Å². The second-order valence-corrected chi connectivity index (χ2v) is 3.89. The van der Waals surface area contributed by atoms with Crippen LogP contribution in [0.25, 0.3) is 5.65 Å². The van der Waals surface area contributed by atoms with Crippen LogP contribution in [0.15, 0.2) is 23.0 Å². The zero-order valence-electron chi connectivity index (χ0n) is 7.38. The van der Waals surface area contributed by atoms with E-state index < -0.39 is 5.56 Å². The SMILES string of the molecule is O=c1c(Cl)c(CCl)nc2cccc(Cl)n12. The summed E-state index contributed by atoms with van der Waals surface area (Å²) in [5.74, 6) is 0.0943. The van der Waals surface area contributed by atoms with E-state index in [9.17, 15) is 4.79 Å². The molecule has 0 saturated heterocycles. The van der Waals surface area contributed by atoms with Gasteiger partial charge in [0.25, 0.3) is 5.56 Å². The van der Waals surface area contributed by atoms with Gasteiger partial charge in [0.1, 0.15) is 15.8 Å². The van der Waals surface area contributed by atoms with E-state index in [4.69, 9.17) is 34.8 Å². The molecule has 0 saturated carbocycles. The highest BCUT2D eigenvalue weighted by molar-refractivity contribution is 6.32. The van der Waals surface area contributed by atoms with E-state index in [2.05, 4.69) is 4.98 Å². The Morgan fingerprint density at radius 3 is 2.73 bits per heavy atom. The fourth-order valence-electron chi connectivity index (χ4n) is 1.26. The predicted octanol–water partition coefficient (Wildman–Crippen LogP) is 2.74. The van der Waals surface area contributed by atoms with E-state index in [1.165, 1.54) is 4.40 Å². The average molecular weight is 264 g/mol. The van der Waals surface area contributed by atoms with E-state index in [1.54, 1.807) is 18.2 Å². The maximum atomic E-state index is 11.8. The molecule has 0 aliphatic heterocycles. The number of rotatable bonds is 1. The third-order valence-corrected chi connectivity index (χ3v) is 2.87. The zero-order chi connectivity index (χ0) is 11.0. The summed E-state index contributed by atoms with van der Waals surface area (Å²) < 4.78 is 1.24. The molecule has 0 fully saturated rings. The standard InChI is InChI=1S/C9H5Cl3N2O/c10-4-5-8(12)9(15)14-6(11)2-1-3-7(14)13-5/h1-3H,4H2. The van der Waals surface area contributed by atoms with Crippen molar-refractivity contribution in [2.45, 2.75) is 5.88 Å². The molecular formula is C9H5Cl3N2O. The summed E-state index contributed by atoms with van der Waals surface area (Å²) in [6, 6.07) is 4.96. The first-order chi connectivity index (χ1) is 7.15. The smallest absolute Gasteiger partial charge is 0.267 e. The maximum absolute atomic E-state index is 11.8. The lowest BCUT2D eigenvalue weighted by Gasteiger charge is -2.05. The normalized spacial score (nSPS) is 10.9. The van der Waals surface area contributed by atoms with Gasteiger partial charge in [-0.3, -0.25) is 4.79 Å². The first kappa shape index (κ1) is 10.7. The van der Waals surface area contributed by atoms with Crippen LogP contribution < -0.4 is 5.56 Å². The van der Waals surface area contributed by atoms with Crippen molar-refractivity contribution in [2.24, 2.45) is 0 Å². The molecule has 15 heavy (non-hydrogen) atoms. The highest BCUT2D eigenvalue weighted by Gasteiger charge is 2.10. The minimum absolute atomic E-state index is 0.00981. The molecular weight excluding hydrogens is 258 g/mol. The predicted molar refractivity (Wildman–Crippen MR) is 61.0 cm³/mol. The average Bonchev–Trinajstić information content (AvgIpc) is 2.23. The molecule has 0 spiro atoms. The van der Waals surface area contributed by atoms with Gasteiger partial charge in [-0.1, -0.05) is 29.3 Å². The van der Waals surface area contributed by atoms with Crippen molar-refractivity contribution in [3.8, 4) is 0 Å². The topological polar surface area (TPSA) is 34.4 Å². The summed E-state index contributed by atoms with van der Waals surface area (Å²) in [6.45, 7) is 0. The molecule has 0 N–H and O–H groups in total. The van der Waals surface area contributed by atoms with Crippen LogP contribution in [0.1, 0.15) is 5.69 Å². The largest absolute Gasteiger partial charge is 0.278 e. The number of aromatic nitrogens is 2. The van der Waals surface area contributed by atoms with Gasteiger partial charge in [0, 0.05) is 0 Å². The summed E-state index contributed by atoms with van der Waals surface area (Å²) in [4.78, 5) is 15.9. The Morgan fingerprint density at radius 2 is 2.07 bits per heavy atom. The second-order valence-electron chi connectivity index (χ2n) is 2.85.